The second-order valence-electron chi connectivity index (χ2n) is 11.4. The summed E-state index contributed by atoms with van der Waals surface area (Å²) >= 11 is 0. The van der Waals surface area contributed by atoms with Crippen LogP contribution in [0.3, 0.4) is 0 Å². The molecule has 50 heavy (non-hydrogen) atoms. The summed E-state index contributed by atoms with van der Waals surface area (Å²) in [6, 6.07) is 1.22. The molecule has 1 unspecified atom stereocenters. The van der Waals surface area contributed by atoms with Crippen LogP contribution in [0.15, 0.2) is 12.3 Å². The van der Waals surface area contributed by atoms with Gasteiger partial charge in [-0.1, -0.05) is 0 Å². The van der Waals surface area contributed by atoms with E-state index in [0.29, 0.717) is 59.0 Å². The van der Waals surface area contributed by atoms with Crippen molar-refractivity contribution in [1.29, 1.82) is 0 Å². The van der Waals surface area contributed by atoms with Gasteiger partial charge in [-0.25, -0.2) is 19.6 Å². The number of carbonyl (C=O) groups is 3. The lowest BCUT2D eigenvalue weighted by Crippen LogP contribution is -2.55. The van der Waals surface area contributed by atoms with Crippen molar-refractivity contribution in [3.05, 3.63) is 18.0 Å². The average Bonchev–Trinajstić information content (AvgIpc) is 3.46. The SMILES string of the molecule is CCOC[C@]1(C(=O)N2CCN(c3nccc(C(F)(F)F)n3)CC2)CC[C@@H](N[C@@H]2CCOCC2OC)C1.O=C(O)C(F)(F)F.O=C(O)C(F)(F)F. The maximum Gasteiger partial charge on any atom is 0.490 e. The molecule has 286 valence electrons. The number of carboxylic acids is 2. The Hall–Kier alpha value is -3.50. The number of carboxylic acid groups (broad SMARTS) is 2. The number of alkyl halides is 9. The maximum absolute atomic E-state index is 13.8. The first-order valence-electron chi connectivity index (χ1n) is 15.1. The van der Waals surface area contributed by atoms with Gasteiger partial charge in [0.15, 0.2) is 0 Å². The van der Waals surface area contributed by atoms with Gasteiger partial charge in [-0.05, 0) is 38.7 Å². The van der Waals surface area contributed by atoms with Crippen LogP contribution in [0.1, 0.15) is 38.3 Å². The normalized spacial score (nSPS) is 24.4. The fraction of sp³-hybridized carbons (Fsp3) is 0.750. The number of halogens is 9. The molecule has 3 heterocycles. The van der Waals surface area contributed by atoms with Gasteiger partial charge in [-0.3, -0.25) is 4.79 Å². The third-order valence-electron chi connectivity index (χ3n) is 7.97. The van der Waals surface area contributed by atoms with Gasteiger partial charge in [0.1, 0.15) is 5.69 Å². The molecule has 3 fully saturated rings. The third-order valence-corrected chi connectivity index (χ3v) is 7.97. The van der Waals surface area contributed by atoms with Crippen molar-refractivity contribution in [2.75, 3.05) is 64.6 Å². The molecular formula is C28H38F9N5O8. The summed E-state index contributed by atoms with van der Waals surface area (Å²) in [5, 5.41) is 18.0. The minimum absolute atomic E-state index is 0.0116. The summed E-state index contributed by atoms with van der Waals surface area (Å²) in [7, 11) is 1.69. The highest BCUT2D eigenvalue weighted by Crippen LogP contribution is 2.41. The lowest BCUT2D eigenvalue weighted by atomic mass is 9.84. The molecule has 1 aromatic rings. The van der Waals surface area contributed by atoms with Crippen molar-refractivity contribution in [2.24, 2.45) is 5.41 Å². The zero-order valence-corrected chi connectivity index (χ0v) is 26.9. The lowest BCUT2D eigenvalue weighted by molar-refractivity contribution is -0.193. The number of methoxy groups -OCH3 is 1. The summed E-state index contributed by atoms with van der Waals surface area (Å²) in [6.07, 6.45) is -10.5. The first-order chi connectivity index (χ1) is 23.1. The molecule has 3 aliphatic rings. The molecule has 1 saturated carbocycles. The maximum atomic E-state index is 13.8. The summed E-state index contributed by atoms with van der Waals surface area (Å²) in [5.41, 5.74) is -1.58. The van der Waals surface area contributed by atoms with Crippen molar-refractivity contribution < 1.29 is 78.3 Å². The van der Waals surface area contributed by atoms with Gasteiger partial charge < -0.3 is 39.5 Å². The van der Waals surface area contributed by atoms with E-state index in [1.807, 2.05) is 11.8 Å². The third kappa shape index (κ3) is 12.7. The van der Waals surface area contributed by atoms with Gasteiger partial charge in [0.2, 0.25) is 11.9 Å². The Balaban J connectivity index is 0.000000521. The van der Waals surface area contributed by atoms with Crippen LogP contribution in [0.5, 0.6) is 0 Å². The van der Waals surface area contributed by atoms with Crippen LogP contribution in [0.25, 0.3) is 0 Å². The highest BCUT2D eigenvalue weighted by atomic mass is 19.4. The zero-order valence-electron chi connectivity index (χ0n) is 26.9. The lowest BCUT2D eigenvalue weighted by Gasteiger charge is -2.40. The molecule has 4 atom stereocenters. The number of carbonyl (C=O) groups excluding carboxylic acids is 1. The number of piperazine rings is 1. The summed E-state index contributed by atoms with van der Waals surface area (Å²) in [5.74, 6) is -5.42. The van der Waals surface area contributed by atoms with E-state index >= 15 is 0 Å². The number of hydrogen-bond donors (Lipinski definition) is 3. The second kappa shape index (κ2) is 18.1. The van der Waals surface area contributed by atoms with E-state index < -0.39 is 41.6 Å². The van der Waals surface area contributed by atoms with Gasteiger partial charge in [0.25, 0.3) is 0 Å². The van der Waals surface area contributed by atoms with Gasteiger partial charge in [0.05, 0.1) is 24.7 Å². The van der Waals surface area contributed by atoms with Crippen molar-refractivity contribution >= 4 is 23.8 Å². The molecular weight excluding hydrogens is 705 g/mol. The molecule has 0 spiro atoms. The van der Waals surface area contributed by atoms with E-state index in [1.54, 1.807) is 12.0 Å². The van der Waals surface area contributed by atoms with Crippen LogP contribution in [-0.4, -0.2) is 133 Å². The fourth-order valence-electron chi connectivity index (χ4n) is 5.49. The molecule has 2 saturated heterocycles. The number of ether oxygens (including phenoxy) is 3. The number of hydrogen-bond acceptors (Lipinski definition) is 10. The monoisotopic (exact) mass is 743 g/mol. The smallest absolute Gasteiger partial charge is 0.475 e. The second-order valence-corrected chi connectivity index (χ2v) is 11.4. The Labute approximate surface area is 280 Å². The molecule has 1 amide bonds. The Morgan fingerprint density at radius 1 is 1.00 bits per heavy atom. The van der Waals surface area contributed by atoms with Crippen LogP contribution < -0.4 is 10.2 Å². The molecule has 13 nitrogen and oxygen atoms in total. The van der Waals surface area contributed by atoms with Crippen LogP contribution in [-0.2, 0) is 34.8 Å². The standard InChI is InChI=1S/C24H36F3N5O4.2C2HF3O2/c1-3-35-16-23(7-4-17(14-23)29-18-6-13-36-15-19(18)34-2)21(33)31-9-11-32(12-10-31)22-28-8-5-20(30-22)24(25,26)27;2*3-2(4,5)1(6)7/h5,8,17-19,29H,3-4,6-7,9-16H2,1-2H3;2*(H,6,7)/t17-,18-,19?,23+;;/m1../s1. The first kappa shape index (κ1) is 42.7. The van der Waals surface area contributed by atoms with Gasteiger partial charge in [-0.2, -0.15) is 39.5 Å². The topological polar surface area (TPSA) is 164 Å². The van der Waals surface area contributed by atoms with Crippen LogP contribution >= 0.6 is 0 Å². The molecule has 22 heteroatoms. The van der Waals surface area contributed by atoms with Crippen LogP contribution in [0.4, 0.5) is 45.5 Å². The van der Waals surface area contributed by atoms with Crippen molar-refractivity contribution in [1.82, 2.24) is 20.2 Å². The first-order valence-corrected chi connectivity index (χ1v) is 15.1. The van der Waals surface area contributed by atoms with Crippen molar-refractivity contribution in [3.63, 3.8) is 0 Å². The molecule has 1 aliphatic carbocycles. The van der Waals surface area contributed by atoms with Crippen LogP contribution in [0, 0.1) is 5.41 Å². The Bertz CT molecular complexity index is 1240. The van der Waals surface area contributed by atoms with E-state index in [4.69, 9.17) is 34.0 Å². The highest BCUT2D eigenvalue weighted by Gasteiger charge is 2.49. The molecule has 0 bridgehead atoms. The largest absolute Gasteiger partial charge is 0.490 e. The van der Waals surface area contributed by atoms with E-state index in [2.05, 4.69) is 15.3 Å². The number of aromatic nitrogens is 2. The molecule has 0 radical (unpaired) electrons. The van der Waals surface area contributed by atoms with Crippen molar-refractivity contribution in [2.45, 2.75) is 69.3 Å². The quantitative estimate of drug-likeness (QED) is 0.334. The molecule has 3 N–H and O–H groups in total. The van der Waals surface area contributed by atoms with E-state index in [9.17, 15) is 44.3 Å². The van der Waals surface area contributed by atoms with E-state index in [-0.39, 0.29) is 30.0 Å². The van der Waals surface area contributed by atoms with Gasteiger partial charge >= 0.3 is 30.5 Å². The Morgan fingerprint density at radius 3 is 2.08 bits per heavy atom. The fourth-order valence-corrected chi connectivity index (χ4v) is 5.49. The molecule has 1 aromatic heterocycles. The Kier molecular flexibility index (Phi) is 15.5. The number of anilines is 1. The molecule has 2 aliphatic heterocycles. The minimum Gasteiger partial charge on any atom is -0.475 e. The van der Waals surface area contributed by atoms with Crippen LogP contribution in [0.2, 0.25) is 0 Å². The number of aliphatic carboxylic acids is 2. The average molecular weight is 744 g/mol. The molecule has 4 rings (SSSR count). The Morgan fingerprint density at radius 2 is 1.58 bits per heavy atom. The zero-order chi connectivity index (χ0) is 37.9. The molecule has 0 aromatic carbocycles. The summed E-state index contributed by atoms with van der Waals surface area (Å²) < 4.78 is 120. The number of amides is 1. The minimum atomic E-state index is -5.08. The van der Waals surface area contributed by atoms with Gasteiger partial charge in [0, 0.05) is 64.8 Å². The van der Waals surface area contributed by atoms with Crippen molar-refractivity contribution in [3.8, 4) is 0 Å². The number of nitrogens with zero attached hydrogens (tertiary/aromatic N) is 4. The summed E-state index contributed by atoms with van der Waals surface area (Å²) in [4.78, 5) is 42.8. The number of nitrogens with one attached hydrogen (secondary N) is 1. The van der Waals surface area contributed by atoms with Gasteiger partial charge in [-0.15, -0.1) is 0 Å². The van der Waals surface area contributed by atoms with E-state index in [0.717, 1.165) is 31.5 Å². The predicted octanol–water partition coefficient (Wildman–Crippen LogP) is 3.38. The van der Waals surface area contributed by atoms with E-state index in [1.165, 1.54) is 0 Å². The summed E-state index contributed by atoms with van der Waals surface area (Å²) in [6.45, 7) is 5.59. The predicted molar refractivity (Wildman–Crippen MR) is 153 cm³/mol. The number of rotatable bonds is 8. The highest BCUT2D eigenvalue weighted by molar-refractivity contribution is 5.83.